The van der Waals surface area contributed by atoms with Crippen molar-refractivity contribution in [2.75, 3.05) is 5.32 Å². The molecule has 1 aromatic carbocycles. The minimum Gasteiger partial charge on any atom is -0.380 e. The molecule has 2 aromatic rings. The molecule has 1 saturated carbocycles. The summed E-state index contributed by atoms with van der Waals surface area (Å²) in [6.07, 6.45) is 0.815. The van der Waals surface area contributed by atoms with Gasteiger partial charge in [0.1, 0.15) is 14.7 Å². The summed E-state index contributed by atoms with van der Waals surface area (Å²) in [5, 5.41) is 12.6. The summed E-state index contributed by atoms with van der Waals surface area (Å²) in [5.74, 6) is -0.529. The fraction of sp³-hybridized carbons (Fsp3) is 0.214. The lowest BCUT2D eigenvalue weighted by Crippen LogP contribution is -2.28. The van der Waals surface area contributed by atoms with Crippen LogP contribution in [0.1, 0.15) is 12.8 Å². The maximum Gasteiger partial charge on any atom is 0.256 e. The first-order valence-corrected chi connectivity index (χ1v) is 9.62. The summed E-state index contributed by atoms with van der Waals surface area (Å²) < 4.78 is 25.3. The predicted molar refractivity (Wildman–Crippen MR) is 89.0 cm³/mol. The van der Waals surface area contributed by atoms with Gasteiger partial charge >= 0.3 is 0 Å². The van der Waals surface area contributed by atoms with Gasteiger partial charge in [-0.25, -0.2) is 8.42 Å². The topological polar surface area (TPSA) is 83.5 Å². The van der Waals surface area contributed by atoms with Crippen LogP contribution in [-0.4, -0.2) is 25.0 Å². The number of benzene rings is 1. The summed E-state index contributed by atoms with van der Waals surface area (Å²) in [4.78, 5) is 11.6. The zero-order valence-electron chi connectivity index (χ0n) is 11.5. The number of thiophene rings is 1. The molecule has 0 unspecified atom stereocenters. The molecule has 1 heterocycles. The van der Waals surface area contributed by atoms with Crippen molar-refractivity contribution in [2.45, 2.75) is 27.5 Å². The third-order valence-electron chi connectivity index (χ3n) is 3.42. The molecule has 0 spiro atoms. The fourth-order valence-electron chi connectivity index (χ4n) is 1.95. The van der Waals surface area contributed by atoms with E-state index in [2.05, 4.69) is 5.32 Å². The second-order valence-corrected chi connectivity index (χ2v) is 9.17. The van der Waals surface area contributed by atoms with Crippen molar-refractivity contribution in [3.05, 3.63) is 40.4 Å². The van der Waals surface area contributed by atoms with Crippen LogP contribution in [0.4, 0.5) is 5.00 Å². The van der Waals surface area contributed by atoms with Crippen LogP contribution in [0, 0.1) is 0 Å². The Morgan fingerprint density at radius 1 is 1.17 bits per heavy atom. The average Bonchev–Trinajstić information content (AvgIpc) is 3.04. The monoisotopic (exact) mass is 391 g/mol. The molecule has 5 nitrogen and oxygen atoms in total. The van der Waals surface area contributed by atoms with Gasteiger partial charge in [0.2, 0.25) is 9.84 Å². The number of carbonyl (C=O) groups excluding carboxylic acids is 1. The molecule has 9 heteroatoms. The number of sulfone groups is 1. The van der Waals surface area contributed by atoms with E-state index >= 15 is 0 Å². The third-order valence-corrected chi connectivity index (χ3v) is 7.62. The van der Waals surface area contributed by atoms with E-state index in [0.717, 1.165) is 11.3 Å². The molecule has 1 aromatic heterocycles. The zero-order chi connectivity index (χ0) is 16.8. The first kappa shape index (κ1) is 16.7. The number of aliphatic hydroxyl groups is 1. The quantitative estimate of drug-likeness (QED) is 0.836. The Balaban J connectivity index is 1.91. The number of hydrogen-bond acceptors (Lipinski definition) is 5. The van der Waals surface area contributed by atoms with Crippen LogP contribution in [0.3, 0.4) is 0 Å². The van der Waals surface area contributed by atoms with Crippen molar-refractivity contribution in [2.24, 2.45) is 0 Å². The summed E-state index contributed by atoms with van der Waals surface area (Å²) in [7, 11) is -3.89. The molecule has 0 bridgehead atoms. The van der Waals surface area contributed by atoms with Gasteiger partial charge in [-0.1, -0.05) is 29.3 Å². The number of nitrogens with one attached hydrogen (secondary N) is 1. The Bertz CT molecular complexity index is 868. The number of rotatable bonds is 4. The number of anilines is 1. The first-order chi connectivity index (χ1) is 10.7. The van der Waals surface area contributed by atoms with Gasteiger partial charge in [0.05, 0.1) is 15.0 Å². The molecule has 2 N–H and O–H groups in total. The van der Waals surface area contributed by atoms with Crippen molar-refractivity contribution in [3.63, 3.8) is 0 Å². The van der Waals surface area contributed by atoms with E-state index < -0.39 is 21.3 Å². The molecular formula is C14H11Cl2NO4S2. The molecule has 0 saturated heterocycles. The van der Waals surface area contributed by atoms with E-state index in [1.165, 1.54) is 24.3 Å². The van der Waals surface area contributed by atoms with Crippen LogP contribution in [-0.2, 0) is 14.6 Å². The minimum atomic E-state index is -3.89. The van der Waals surface area contributed by atoms with E-state index in [-0.39, 0.29) is 19.1 Å². The van der Waals surface area contributed by atoms with Crippen LogP contribution >= 0.6 is 34.5 Å². The Morgan fingerprint density at radius 3 is 2.35 bits per heavy atom. The Hall–Kier alpha value is -1.12. The second-order valence-electron chi connectivity index (χ2n) is 5.16. The smallest absolute Gasteiger partial charge is 0.256 e. The minimum absolute atomic E-state index is 0.00517. The molecule has 23 heavy (non-hydrogen) atoms. The normalized spacial score (nSPS) is 16.1. The van der Waals surface area contributed by atoms with Crippen LogP contribution in [0.5, 0.6) is 0 Å². The Kier molecular flexibility index (Phi) is 4.18. The average molecular weight is 392 g/mol. The van der Waals surface area contributed by atoms with Crippen molar-refractivity contribution in [1.82, 2.24) is 0 Å². The number of hydrogen-bond donors (Lipinski definition) is 2. The SMILES string of the molecule is O=C(Nc1ccc(S(=O)(=O)c2c(Cl)cccc2Cl)s1)C1(O)CC1. The lowest BCUT2D eigenvalue weighted by Gasteiger charge is -2.07. The molecule has 122 valence electrons. The van der Waals surface area contributed by atoms with Crippen LogP contribution < -0.4 is 5.32 Å². The maximum absolute atomic E-state index is 12.7. The Labute approximate surface area is 146 Å². The molecule has 1 fully saturated rings. The highest BCUT2D eigenvalue weighted by Crippen LogP contribution is 2.39. The van der Waals surface area contributed by atoms with Gasteiger partial charge in [-0.3, -0.25) is 4.79 Å². The molecule has 1 amide bonds. The molecule has 3 rings (SSSR count). The van der Waals surface area contributed by atoms with Crippen LogP contribution in [0.25, 0.3) is 0 Å². The third kappa shape index (κ3) is 3.12. The van der Waals surface area contributed by atoms with Gasteiger partial charge in [-0.2, -0.15) is 0 Å². The standard InChI is InChI=1S/C14H11Cl2NO4S2/c15-8-2-1-3-9(16)12(8)23(20,21)11-5-4-10(22-11)17-13(18)14(19)6-7-14/h1-5,19H,6-7H2,(H,17,18). The van der Waals surface area contributed by atoms with Gasteiger partial charge < -0.3 is 10.4 Å². The summed E-state index contributed by atoms with van der Waals surface area (Å²) in [6.45, 7) is 0. The fourth-order valence-corrected chi connectivity index (χ4v) is 5.64. The Morgan fingerprint density at radius 2 is 1.78 bits per heavy atom. The summed E-state index contributed by atoms with van der Waals surface area (Å²) in [6, 6.07) is 7.27. The van der Waals surface area contributed by atoms with E-state index in [1.807, 2.05) is 0 Å². The lowest BCUT2D eigenvalue weighted by atomic mass is 10.3. The maximum atomic E-state index is 12.7. The summed E-state index contributed by atoms with van der Waals surface area (Å²) >= 11 is 12.8. The molecular weight excluding hydrogens is 381 g/mol. The highest BCUT2D eigenvalue weighted by molar-refractivity contribution is 7.93. The highest BCUT2D eigenvalue weighted by atomic mass is 35.5. The number of amides is 1. The van der Waals surface area contributed by atoms with E-state index in [9.17, 15) is 18.3 Å². The first-order valence-electron chi connectivity index (χ1n) is 6.57. The van der Waals surface area contributed by atoms with Crippen molar-refractivity contribution in [1.29, 1.82) is 0 Å². The molecule has 0 radical (unpaired) electrons. The van der Waals surface area contributed by atoms with Crippen molar-refractivity contribution < 1.29 is 18.3 Å². The van der Waals surface area contributed by atoms with E-state index in [0.29, 0.717) is 17.8 Å². The highest BCUT2D eigenvalue weighted by Gasteiger charge is 2.48. The summed E-state index contributed by atoms with van der Waals surface area (Å²) in [5.41, 5.74) is -1.32. The second kappa shape index (κ2) is 5.75. The van der Waals surface area contributed by atoms with Crippen molar-refractivity contribution in [3.8, 4) is 0 Å². The van der Waals surface area contributed by atoms with Crippen LogP contribution in [0.2, 0.25) is 10.0 Å². The number of halogens is 2. The van der Waals surface area contributed by atoms with Gasteiger partial charge in [-0.05, 0) is 37.1 Å². The molecule has 1 aliphatic rings. The molecule has 1 aliphatic carbocycles. The molecule has 0 atom stereocenters. The van der Waals surface area contributed by atoms with Crippen LogP contribution in [0.15, 0.2) is 39.4 Å². The van der Waals surface area contributed by atoms with E-state index in [4.69, 9.17) is 23.2 Å². The van der Waals surface area contributed by atoms with Gasteiger partial charge in [0, 0.05) is 0 Å². The van der Waals surface area contributed by atoms with Gasteiger partial charge in [-0.15, -0.1) is 11.3 Å². The largest absolute Gasteiger partial charge is 0.380 e. The predicted octanol–water partition coefficient (Wildman–Crippen LogP) is 3.35. The zero-order valence-corrected chi connectivity index (χ0v) is 14.7. The van der Waals surface area contributed by atoms with Gasteiger partial charge in [0.25, 0.3) is 5.91 Å². The molecule has 0 aliphatic heterocycles. The number of carbonyl (C=O) groups is 1. The van der Waals surface area contributed by atoms with Crippen molar-refractivity contribution >= 4 is 55.3 Å². The van der Waals surface area contributed by atoms with Gasteiger partial charge in [0.15, 0.2) is 0 Å². The lowest BCUT2D eigenvalue weighted by molar-refractivity contribution is -0.125. The van der Waals surface area contributed by atoms with E-state index in [1.54, 1.807) is 6.07 Å².